The summed E-state index contributed by atoms with van der Waals surface area (Å²) in [6, 6.07) is 5.39. The van der Waals surface area contributed by atoms with Crippen LogP contribution in [-0.2, 0) is 6.54 Å². The van der Waals surface area contributed by atoms with E-state index in [4.69, 9.17) is 5.11 Å². The van der Waals surface area contributed by atoms with Crippen molar-refractivity contribution in [3.05, 3.63) is 52.8 Å². The molecule has 0 unspecified atom stereocenters. The second-order valence-corrected chi connectivity index (χ2v) is 8.10. The number of hydrogen-bond donors (Lipinski definition) is 4. The van der Waals surface area contributed by atoms with Crippen LogP contribution in [0.25, 0.3) is 16.8 Å². The standard InChI is InChI=1S/C22H28N6O3/c1-22(2,3)27-20-19-15(7-8-28(9-11-30)21(19)31)12-18(26-20)25-17-13-16(23-14-24-17)6-4-5-10-29/h4,6-8,12-14,29-30H,5,9-11H2,1-3H3,(H2,23,24,25,26,27). The Bertz CT molecular complexity index is 1130. The minimum atomic E-state index is -0.317. The summed E-state index contributed by atoms with van der Waals surface area (Å²) in [4.78, 5) is 26.0. The Morgan fingerprint density at radius 1 is 1.13 bits per heavy atom. The van der Waals surface area contributed by atoms with Crippen molar-refractivity contribution in [2.45, 2.75) is 39.3 Å². The molecule has 3 aromatic rings. The van der Waals surface area contributed by atoms with E-state index in [2.05, 4.69) is 25.6 Å². The average molecular weight is 425 g/mol. The number of anilines is 3. The zero-order valence-corrected chi connectivity index (χ0v) is 18.0. The van der Waals surface area contributed by atoms with Crippen molar-refractivity contribution < 1.29 is 10.2 Å². The molecular weight excluding hydrogens is 396 g/mol. The summed E-state index contributed by atoms with van der Waals surface area (Å²) in [6.45, 7) is 6.15. The van der Waals surface area contributed by atoms with Crippen LogP contribution < -0.4 is 16.2 Å². The molecule has 0 amide bonds. The first-order valence-corrected chi connectivity index (χ1v) is 10.1. The number of hydrogen-bond acceptors (Lipinski definition) is 8. The summed E-state index contributed by atoms with van der Waals surface area (Å²) >= 11 is 0. The van der Waals surface area contributed by atoms with Crippen LogP contribution in [0.15, 0.2) is 41.6 Å². The van der Waals surface area contributed by atoms with Crippen molar-refractivity contribution in [1.29, 1.82) is 0 Å². The van der Waals surface area contributed by atoms with E-state index >= 15 is 0 Å². The number of rotatable bonds is 8. The predicted molar refractivity (Wildman–Crippen MR) is 123 cm³/mol. The van der Waals surface area contributed by atoms with Gasteiger partial charge in [-0.3, -0.25) is 4.79 Å². The minimum absolute atomic E-state index is 0.0806. The summed E-state index contributed by atoms with van der Waals surface area (Å²) in [5, 5.41) is 25.8. The summed E-state index contributed by atoms with van der Waals surface area (Å²) in [5.41, 5.74) is 0.171. The molecule has 0 aliphatic heterocycles. The van der Waals surface area contributed by atoms with Gasteiger partial charge in [0.15, 0.2) is 0 Å². The molecule has 164 valence electrons. The summed E-state index contributed by atoms with van der Waals surface area (Å²) in [5.74, 6) is 1.55. The molecule has 9 nitrogen and oxygen atoms in total. The van der Waals surface area contributed by atoms with E-state index in [-0.39, 0.29) is 30.9 Å². The van der Waals surface area contributed by atoms with Gasteiger partial charge in [-0.25, -0.2) is 15.0 Å². The van der Waals surface area contributed by atoms with Gasteiger partial charge in [-0.15, -0.1) is 0 Å². The number of aliphatic hydroxyl groups is 2. The van der Waals surface area contributed by atoms with Crippen LogP contribution in [0.3, 0.4) is 0 Å². The lowest BCUT2D eigenvalue weighted by molar-refractivity contribution is 0.274. The molecule has 0 aliphatic carbocycles. The van der Waals surface area contributed by atoms with Gasteiger partial charge >= 0.3 is 0 Å². The molecule has 0 spiro atoms. The number of aromatic nitrogens is 4. The van der Waals surface area contributed by atoms with Gasteiger partial charge in [0.1, 0.15) is 23.8 Å². The van der Waals surface area contributed by atoms with Gasteiger partial charge in [0, 0.05) is 31.0 Å². The molecule has 0 fully saturated rings. The molecule has 0 saturated carbocycles. The lowest BCUT2D eigenvalue weighted by Gasteiger charge is -2.23. The number of fused-ring (bicyclic) bond motifs is 1. The van der Waals surface area contributed by atoms with Crippen LogP contribution in [0.5, 0.6) is 0 Å². The van der Waals surface area contributed by atoms with Crippen molar-refractivity contribution in [1.82, 2.24) is 19.5 Å². The summed E-state index contributed by atoms with van der Waals surface area (Å²) < 4.78 is 1.47. The van der Waals surface area contributed by atoms with Gasteiger partial charge in [0.05, 0.1) is 17.7 Å². The molecule has 3 aromatic heterocycles. The van der Waals surface area contributed by atoms with Gasteiger partial charge < -0.3 is 25.4 Å². The van der Waals surface area contributed by atoms with E-state index < -0.39 is 0 Å². The zero-order valence-electron chi connectivity index (χ0n) is 18.0. The van der Waals surface area contributed by atoms with Crippen LogP contribution in [0.4, 0.5) is 17.5 Å². The smallest absolute Gasteiger partial charge is 0.262 e. The van der Waals surface area contributed by atoms with Crippen LogP contribution in [-0.4, -0.2) is 48.5 Å². The summed E-state index contributed by atoms with van der Waals surface area (Å²) in [6.07, 6.45) is 7.31. The second-order valence-electron chi connectivity index (χ2n) is 8.10. The van der Waals surface area contributed by atoms with Crippen molar-refractivity contribution in [2.75, 3.05) is 23.8 Å². The van der Waals surface area contributed by atoms with Crippen molar-refractivity contribution in [2.24, 2.45) is 0 Å². The lowest BCUT2D eigenvalue weighted by atomic mass is 10.1. The fourth-order valence-corrected chi connectivity index (χ4v) is 3.04. The Balaban J connectivity index is 2.03. The van der Waals surface area contributed by atoms with Crippen molar-refractivity contribution in [3.63, 3.8) is 0 Å². The highest BCUT2D eigenvalue weighted by Crippen LogP contribution is 2.26. The van der Waals surface area contributed by atoms with Gasteiger partial charge in [-0.2, -0.15) is 0 Å². The van der Waals surface area contributed by atoms with Gasteiger partial charge in [0.2, 0.25) is 0 Å². The van der Waals surface area contributed by atoms with Crippen LogP contribution in [0, 0.1) is 0 Å². The summed E-state index contributed by atoms with van der Waals surface area (Å²) in [7, 11) is 0. The average Bonchev–Trinajstić information content (AvgIpc) is 2.69. The first kappa shape index (κ1) is 22.4. The SMILES string of the molecule is CC(C)(C)Nc1nc(Nc2cc(C=CCCO)ncn2)cc2ccn(CCO)c(=O)c12. The highest BCUT2D eigenvalue weighted by Gasteiger charge is 2.17. The van der Waals surface area contributed by atoms with E-state index in [1.165, 1.54) is 10.9 Å². The molecule has 9 heteroatoms. The molecule has 0 bridgehead atoms. The Kier molecular flexibility index (Phi) is 6.98. The van der Waals surface area contributed by atoms with Crippen molar-refractivity contribution in [3.8, 4) is 0 Å². The molecule has 0 saturated heterocycles. The number of nitrogens with one attached hydrogen (secondary N) is 2. The van der Waals surface area contributed by atoms with Gasteiger partial charge in [-0.05, 0) is 50.8 Å². The minimum Gasteiger partial charge on any atom is -0.396 e. The van der Waals surface area contributed by atoms with E-state index in [1.807, 2.05) is 39.0 Å². The number of pyridine rings is 2. The third-order valence-corrected chi connectivity index (χ3v) is 4.32. The monoisotopic (exact) mass is 424 g/mol. The highest BCUT2D eigenvalue weighted by molar-refractivity contribution is 5.93. The molecule has 3 rings (SSSR count). The highest BCUT2D eigenvalue weighted by atomic mass is 16.3. The molecule has 0 radical (unpaired) electrons. The fourth-order valence-electron chi connectivity index (χ4n) is 3.04. The molecule has 0 atom stereocenters. The normalized spacial score (nSPS) is 11.9. The Labute approximate surface area is 180 Å². The molecule has 3 heterocycles. The van der Waals surface area contributed by atoms with E-state index in [0.29, 0.717) is 35.0 Å². The van der Waals surface area contributed by atoms with Gasteiger partial charge in [0.25, 0.3) is 5.56 Å². The fraction of sp³-hybridized carbons (Fsp3) is 0.364. The van der Waals surface area contributed by atoms with Crippen LogP contribution >= 0.6 is 0 Å². The zero-order chi connectivity index (χ0) is 22.4. The maximum absolute atomic E-state index is 13.0. The first-order chi connectivity index (χ1) is 14.8. The quantitative estimate of drug-likeness (QED) is 0.435. The van der Waals surface area contributed by atoms with E-state index in [1.54, 1.807) is 18.3 Å². The second kappa shape index (κ2) is 9.67. The molecule has 31 heavy (non-hydrogen) atoms. The molecular formula is C22H28N6O3. The topological polar surface area (TPSA) is 125 Å². The van der Waals surface area contributed by atoms with Crippen molar-refractivity contribution >= 4 is 34.3 Å². The van der Waals surface area contributed by atoms with E-state index in [0.717, 1.165) is 5.39 Å². The number of aliphatic hydroxyl groups excluding tert-OH is 2. The Morgan fingerprint density at radius 3 is 2.65 bits per heavy atom. The predicted octanol–water partition coefficient (Wildman–Crippen LogP) is 2.53. The van der Waals surface area contributed by atoms with Gasteiger partial charge in [-0.1, -0.05) is 6.08 Å². The number of nitrogens with zero attached hydrogens (tertiary/aromatic N) is 4. The van der Waals surface area contributed by atoms with E-state index in [9.17, 15) is 9.90 Å². The molecule has 0 aromatic carbocycles. The molecule has 4 N–H and O–H groups in total. The van der Waals surface area contributed by atoms with Crippen LogP contribution in [0.2, 0.25) is 0 Å². The third kappa shape index (κ3) is 5.87. The third-order valence-electron chi connectivity index (χ3n) is 4.32. The Morgan fingerprint density at radius 2 is 1.94 bits per heavy atom. The maximum Gasteiger partial charge on any atom is 0.262 e. The maximum atomic E-state index is 13.0. The Hall–Kier alpha value is -3.30. The largest absolute Gasteiger partial charge is 0.396 e. The van der Waals surface area contributed by atoms with Crippen LogP contribution in [0.1, 0.15) is 32.9 Å². The first-order valence-electron chi connectivity index (χ1n) is 10.1. The lowest BCUT2D eigenvalue weighted by Crippen LogP contribution is -2.29. The molecule has 0 aliphatic rings.